The molecule has 0 N–H and O–H groups in total. The third-order valence-corrected chi connectivity index (χ3v) is 7.46. The maximum Gasteiger partial charge on any atom is 0.242 e. The summed E-state index contributed by atoms with van der Waals surface area (Å²) in [6.45, 7) is 8.39. The Morgan fingerprint density at radius 3 is 2.38 bits per heavy atom. The third kappa shape index (κ3) is 6.22. The average molecular weight is 520 g/mol. The Balaban J connectivity index is 0.000000305. The van der Waals surface area contributed by atoms with E-state index in [0.717, 1.165) is 59.4 Å². The normalized spacial score (nSPS) is 15.2. The van der Waals surface area contributed by atoms with Gasteiger partial charge in [0.05, 0.1) is 18.4 Å². The van der Waals surface area contributed by atoms with E-state index >= 15 is 0 Å². The molecule has 1 aromatic heterocycles. The molecule has 1 aliphatic rings. The van der Waals surface area contributed by atoms with Gasteiger partial charge in [-0.2, -0.15) is 0 Å². The van der Waals surface area contributed by atoms with E-state index in [1.54, 1.807) is 13.3 Å². The van der Waals surface area contributed by atoms with Crippen LogP contribution in [0.5, 0.6) is 5.75 Å². The first kappa shape index (κ1) is 24.5. The minimum atomic E-state index is -3.42. The summed E-state index contributed by atoms with van der Waals surface area (Å²) in [6, 6.07) is 15.4. The van der Waals surface area contributed by atoms with E-state index in [4.69, 9.17) is 4.74 Å². The standard InChI is InChI=1S/C17H22BrN3O2S.C7H8O/c1-3-10-24(22,23)21-13-14(12-20-8-6-19(2)7-9-20)16-11-15(18)4-5-17(16)21;1-8-7-5-3-2-4-6-7/h3-5,11,13H,1,6-10,12H2,2H3;2-6H,1H3. The molecule has 0 radical (unpaired) electrons. The Hall–Kier alpha value is -2.13. The second-order valence-corrected chi connectivity index (χ2v) is 10.6. The molecule has 6 nitrogen and oxygen atoms in total. The number of benzene rings is 2. The number of para-hydroxylation sites is 1. The first-order chi connectivity index (χ1) is 15.3. The molecule has 8 heteroatoms. The number of nitrogens with zero attached hydrogens (tertiary/aromatic N) is 3. The predicted octanol–water partition coefficient (Wildman–Crippen LogP) is 4.21. The highest BCUT2D eigenvalue weighted by Crippen LogP contribution is 2.28. The molecule has 0 spiro atoms. The molecule has 0 atom stereocenters. The molecule has 0 saturated carbocycles. The van der Waals surface area contributed by atoms with E-state index in [1.807, 2.05) is 48.5 Å². The summed E-state index contributed by atoms with van der Waals surface area (Å²) >= 11 is 3.49. The lowest BCUT2D eigenvalue weighted by molar-refractivity contribution is 0.148. The van der Waals surface area contributed by atoms with E-state index < -0.39 is 10.0 Å². The monoisotopic (exact) mass is 519 g/mol. The Kier molecular flexibility index (Phi) is 8.53. The number of hydrogen-bond acceptors (Lipinski definition) is 5. The van der Waals surface area contributed by atoms with Gasteiger partial charge in [0.15, 0.2) is 0 Å². The number of aromatic nitrogens is 1. The molecule has 32 heavy (non-hydrogen) atoms. The fourth-order valence-electron chi connectivity index (χ4n) is 3.63. The Morgan fingerprint density at radius 1 is 1.09 bits per heavy atom. The highest BCUT2D eigenvalue weighted by Gasteiger charge is 2.21. The van der Waals surface area contributed by atoms with Crippen LogP contribution in [0.2, 0.25) is 0 Å². The van der Waals surface area contributed by atoms with Crippen molar-refractivity contribution >= 4 is 36.9 Å². The van der Waals surface area contributed by atoms with Crippen molar-refractivity contribution in [2.75, 3.05) is 46.1 Å². The van der Waals surface area contributed by atoms with E-state index in [9.17, 15) is 8.42 Å². The molecule has 0 bridgehead atoms. The SMILES string of the molecule is C=CCS(=O)(=O)n1cc(CN2CCN(C)CC2)c2cc(Br)ccc21.COc1ccccc1. The molecule has 0 unspecified atom stereocenters. The van der Waals surface area contributed by atoms with Crippen LogP contribution in [-0.2, 0) is 16.6 Å². The molecular formula is C24H30BrN3O3S. The van der Waals surface area contributed by atoms with Crippen molar-refractivity contribution in [1.29, 1.82) is 0 Å². The van der Waals surface area contributed by atoms with Crippen molar-refractivity contribution in [3.63, 3.8) is 0 Å². The number of likely N-dealkylation sites (N-methyl/N-ethyl adjacent to an activating group) is 1. The van der Waals surface area contributed by atoms with Crippen LogP contribution in [0.1, 0.15) is 5.56 Å². The molecule has 2 aromatic carbocycles. The van der Waals surface area contributed by atoms with Gasteiger partial charge in [-0.1, -0.05) is 40.2 Å². The number of rotatable bonds is 6. The third-order valence-electron chi connectivity index (χ3n) is 5.41. The van der Waals surface area contributed by atoms with Crippen molar-refractivity contribution < 1.29 is 13.2 Å². The summed E-state index contributed by atoms with van der Waals surface area (Å²) in [5.41, 5.74) is 1.77. The van der Waals surface area contributed by atoms with Crippen LogP contribution >= 0.6 is 15.9 Å². The zero-order valence-electron chi connectivity index (χ0n) is 18.6. The summed E-state index contributed by atoms with van der Waals surface area (Å²) < 4.78 is 32.3. The van der Waals surface area contributed by atoms with Crippen LogP contribution in [0, 0.1) is 0 Å². The molecule has 1 aliphatic heterocycles. The molecule has 3 aromatic rings. The average Bonchev–Trinajstić information content (AvgIpc) is 3.15. The number of methoxy groups -OCH3 is 1. The van der Waals surface area contributed by atoms with E-state index in [1.165, 1.54) is 10.0 Å². The van der Waals surface area contributed by atoms with Crippen LogP contribution in [-0.4, -0.2) is 68.3 Å². The highest BCUT2D eigenvalue weighted by atomic mass is 79.9. The van der Waals surface area contributed by atoms with Gasteiger partial charge in [-0.25, -0.2) is 12.4 Å². The lowest BCUT2D eigenvalue weighted by Gasteiger charge is -2.32. The Bertz CT molecular complexity index is 1140. The molecule has 4 rings (SSSR count). The zero-order chi connectivity index (χ0) is 23.1. The maximum absolute atomic E-state index is 12.5. The van der Waals surface area contributed by atoms with Gasteiger partial charge >= 0.3 is 0 Å². The van der Waals surface area contributed by atoms with Crippen molar-refractivity contribution in [2.24, 2.45) is 0 Å². The quantitative estimate of drug-likeness (QED) is 0.456. The van der Waals surface area contributed by atoms with Gasteiger partial charge in [-0.15, -0.1) is 6.58 Å². The molecule has 2 heterocycles. The fraction of sp³-hybridized carbons (Fsp3) is 0.333. The van der Waals surface area contributed by atoms with E-state index in [0.29, 0.717) is 0 Å². The first-order valence-corrected chi connectivity index (χ1v) is 12.9. The van der Waals surface area contributed by atoms with Crippen LogP contribution in [0.4, 0.5) is 0 Å². The van der Waals surface area contributed by atoms with Crippen molar-refractivity contribution in [1.82, 2.24) is 13.8 Å². The summed E-state index contributed by atoms with van der Waals surface area (Å²) in [5.74, 6) is 0.841. The number of piperazine rings is 1. The second kappa shape index (κ2) is 11.1. The van der Waals surface area contributed by atoms with Gasteiger partial charge in [0.1, 0.15) is 5.75 Å². The lowest BCUT2D eigenvalue weighted by Crippen LogP contribution is -2.43. The van der Waals surface area contributed by atoms with E-state index in [-0.39, 0.29) is 5.75 Å². The van der Waals surface area contributed by atoms with Gasteiger partial charge in [0.25, 0.3) is 0 Å². The first-order valence-electron chi connectivity index (χ1n) is 10.5. The van der Waals surface area contributed by atoms with Crippen LogP contribution in [0.25, 0.3) is 10.9 Å². The molecule has 0 amide bonds. The van der Waals surface area contributed by atoms with Crippen molar-refractivity contribution in [2.45, 2.75) is 6.54 Å². The van der Waals surface area contributed by atoms with Gasteiger partial charge in [0.2, 0.25) is 10.0 Å². The van der Waals surface area contributed by atoms with Gasteiger partial charge in [-0.05, 0) is 42.9 Å². The van der Waals surface area contributed by atoms with Crippen LogP contribution in [0.3, 0.4) is 0 Å². The van der Waals surface area contributed by atoms with Gasteiger partial charge < -0.3 is 9.64 Å². The minimum absolute atomic E-state index is 0.0687. The second-order valence-electron chi connectivity index (χ2n) is 7.78. The minimum Gasteiger partial charge on any atom is -0.497 e. The smallest absolute Gasteiger partial charge is 0.242 e. The summed E-state index contributed by atoms with van der Waals surface area (Å²) in [7, 11) is 0.367. The lowest BCUT2D eigenvalue weighted by atomic mass is 10.1. The number of hydrogen-bond donors (Lipinski definition) is 0. The fourth-order valence-corrected chi connectivity index (χ4v) is 5.19. The highest BCUT2D eigenvalue weighted by molar-refractivity contribution is 9.10. The summed E-state index contributed by atoms with van der Waals surface area (Å²) in [4.78, 5) is 4.69. The number of halogens is 1. The predicted molar refractivity (Wildman–Crippen MR) is 135 cm³/mol. The Morgan fingerprint density at radius 2 is 1.78 bits per heavy atom. The van der Waals surface area contributed by atoms with Crippen molar-refractivity contribution in [3.05, 3.63) is 77.4 Å². The molecular weight excluding hydrogens is 490 g/mol. The summed E-state index contributed by atoms with van der Waals surface area (Å²) in [5, 5.41) is 0.982. The number of ether oxygens (including phenoxy) is 1. The molecule has 172 valence electrons. The summed E-state index contributed by atoms with van der Waals surface area (Å²) in [6.07, 6.45) is 3.20. The zero-order valence-corrected chi connectivity index (χ0v) is 21.0. The Labute approximate surface area is 199 Å². The van der Waals surface area contributed by atoms with Gasteiger partial charge in [-0.3, -0.25) is 4.90 Å². The number of fused-ring (bicyclic) bond motifs is 1. The maximum atomic E-state index is 12.5. The largest absolute Gasteiger partial charge is 0.497 e. The molecule has 0 aliphatic carbocycles. The van der Waals surface area contributed by atoms with Crippen LogP contribution < -0.4 is 4.74 Å². The topological polar surface area (TPSA) is 54.8 Å². The van der Waals surface area contributed by atoms with Crippen LogP contribution in [0.15, 0.2) is 71.9 Å². The van der Waals surface area contributed by atoms with E-state index in [2.05, 4.69) is 39.4 Å². The van der Waals surface area contributed by atoms with Gasteiger partial charge in [0, 0.05) is 48.8 Å². The molecule has 1 saturated heterocycles. The molecule has 1 fully saturated rings. The van der Waals surface area contributed by atoms with Crippen molar-refractivity contribution in [3.8, 4) is 5.75 Å².